The molecular formula is C24H23F4NO. The zero-order valence-electron chi connectivity index (χ0n) is 16.8. The predicted octanol–water partition coefficient (Wildman–Crippen LogP) is 7.05. The molecule has 3 aromatic carbocycles. The second-order valence-electron chi connectivity index (χ2n) is 7.38. The van der Waals surface area contributed by atoms with Gasteiger partial charge in [0.05, 0.1) is 5.56 Å². The van der Waals surface area contributed by atoms with Crippen LogP contribution in [0.25, 0.3) is 0 Å². The highest BCUT2D eigenvalue weighted by atomic mass is 19.4. The number of halogens is 4. The van der Waals surface area contributed by atoms with Gasteiger partial charge in [-0.25, -0.2) is 4.39 Å². The zero-order chi connectivity index (χ0) is 21.7. The van der Waals surface area contributed by atoms with Crippen molar-refractivity contribution in [2.24, 2.45) is 0 Å². The molecule has 0 radical (unpaired) electrons. The summed E-state index contributed by atoms with van der Waals surface area (Å²) in [5, 5.41) is 3.06. The van der Waals surface area contributed by atoms with E-state index in [1.165, 1.54) is 5.56 Å². The van der Waals surface area contributed by atoms with Crippen LogP contribution in [0.4, 0.5) is 17.6 Å². The Kier molecular flexibility index (Phi) is 6.77. The molecule has 0 aromatic heterocycles. The van der Waals surface area contributed by atoms with Crippen LogP contribution in [0.2, 0.25) is 0 Å². The summed E-state index contributed by atoms with van der Waals surface area (Å²) >= 11 is 0. The van der Waals surface area contributed by atoms with Crippen LogP contribution in [0.15, 0.2) is 66.7 Å². The maximum Gasteiger partial charge on any atom is 0.416 e. The van der Waals surface area contributed by atoms with E-state index in [9.17, 15) is 17.6 Å². The van der Waals surface area contributed by atoms with E-state index in [0.29, 0.717) is 24.3 Å². The monoisotopic (exact) mass is 417 g/mol. The molecule has 0 fully saturated rings. The number of alkyl halides is 3. The first kappa shape index (κ1) is 21.8. The van der Waals surface area contributed by atoms with Crippen LogP contribution in [0.3, 0.4) is 0 Å². The zero-order valence-corrected chi connectivity index (χ0v) is 16.8. The third kappa shape index (κ3) is 5.83. The average Bonchev–Trinajstić information content (AvgIpc) is 2.69. The normalized spacial score (nSPS) is 11.7. The lowest BCUT2D eigenvalue weighted by atomic mass is 10.0. The lowest BCUT2D eigenvalue weighted by molar-refractivity contribution is -0.137. The molecule has 0 aliphatic heterocycles. The topological polar surface area (TPSA) is 21.3 Å². The van der Waals surface area contributed by atoms with Crippen molar-refractivity contribution < 1.29 is 22.3 Å². The molecule has 3 aromatic rings. The Balaban J connectivity index is 1.60. The van der Waals surface area contributed by atoms with Crippen LogP contribution in [-0.4, -0.2) is 0 Å². The van der Waals surface area contributed by atoms with Crippen LogP contribution in [0.1, 0.15) is 42.0 Å². The fourth-order valence-electron chi connectivity index (χ4n) is 3.00. The fraction of sp³-hybridized carbons (Fsp3) is 0.250. The number of nitrogens with one attached hydrogen (secondary N) is 1. The third-order valence-electron chi connectivity index (χ3n) is 4.68. The van der Waals surface area contributed by atoms with Crippen LogP contribution in [0, 0.1) is 5.82 Å². The van der Waals surface area contributed by atoms with E-state index in [0.717, 1.165) is 23.4 Å². The van der Waals surface area contributed by atoms with E-state index in [2.05, 4.69) is 25.2 Å². The minimum absolute atomic E-state index is 0.117. The summed E-state index contributed by atoms with van der Waals surface area (Å²) in [6, 6.07) is 18.0. The van der Waals surface area contributed by atoms with Crippen molar-refractivity contribution in [1.29, 1.82) is 0 Å². The standard InChI is InChI=1S/C24H23F4NO/c1-16(2)18-6-4-8-22(12-18)30-21-7-3-5-17(11-21)14-29-15-19-9-10-20(13-23(19)25)24(26,27)28/h3-13,16,29H,14-15H2,1-2H3. The molecule has 158 valence electrons. The van der Waals surface area contributed by atoms with E-state index in [1.807, 2.05) is 42.5 Å². The summed E-state index contributed by atoms with van der Waals surface area (Å²) in [5.41, 5.74) is 1.29. The second kappa shape index (κ2) is 9.30. The molecular weight excluding hydrogens is 394 g/mol. The molecule has 0 saturated carbocycles. The molecule has 1 N–H and O–H groups in total. The first-order chi connectivity index (χ1) is 14.2. The minimum Gasteiger partial charge on any atom is -0.457 e. The molecule has 0 aliphatic rings. The molecule has 0 aliphatic carbocycles. The molecule has 0 spiro atoms. The highest BCUT2D eigenvalue weighted by molar-refractivity contribution is 5.36. The first-order valence-electron chi connectivity index (χ1n) is 9.65. The molecule has 6 heteroatoms. The van der Waals surface area contributed by atoms with Crippen molar-refractivity contribution >= 4 is 0 Å². The van der Waals surface area contributed by atoms with Gasteiger partial charge >= 0.3 is 6.18 Å². The minimum atomic E-state index is -4.55. The summed E-state index contributed by atoms with van der Waals surface area (Å²) in [4.78, 5) is 0. The van der Waals surface area contributed by atoms with Crippen LogP contribution < -0.4 is 10.1 Å². The Morgan fingerprint density at radius 3 is 2.23 bits per heavy atom. The summed E-state index contributed by atoms with van der Waals surface area (Å²) in [7, 11) is 0. The molecule has 0 atom stereocenters. The van der Waals surface area contributed by atoms with E-state index in [-0.39, 0.29) is 12.1 Å². The van der Waals surface area contributed by atoms with Gasteiger partial charge in [-0.1, -0.05) is 44.2 Å². The van der Waals surface area contributed by atoms with Crippen molar-refractivity contribution in [3.05, 3.63) is 94.8 Å². The SMILES string of the molecule is CC(C)c1cccc(Oc2cccc(CNCc3ccc(C(F)(F)F)cc3F)c2)c1. The lowest BCUT2D eigenvalue weighted by Crippen LogP contribution is -2.14. The summed E-state index contributed by atoms with van der Waals surface area (Å²) in [5.74, 6) is 0.947. The maximum absolute atomic E-state index is 13.9. The number of hydrogen-bond donors (Lipinski definition) is 1. The Labute approximate surface area is 173 Å². The molecule has 0 amide bonds. The maximum atomic E-state index is 13.9. The Morgan fingerprint density at radius 2 is 1.57 bits per heavy atom. The van der Waals surface area contributed by atoms with Gasteiger partial charge in [0.15, 0.2) is 0 Å². The number of hydrogen-bond acceptors (Lipinski definition) is 2. The van der Waals surface area contributed by atoms with Gasteiger partial charge in [-0.3, -0.25) is 0 Å². The Morgan fingerprint density at radius 1 is 0.867 bits per heavy atom. The van der Waals surface area contributed by atoms with Crippen molar-refractivity contribution in [1.82, 2.24) is 5.32 Å². The van der Waals surface area contributed by atoms with E-state index < -0.39 is 17.6 Å². The molecule has 0 unspecified atom stereocenters. The van der Waals surface area contributed by atoms with Gasteiger partial charge < -0.3 is 10.1 Å². The highest BCUT2D eigenvalue weighted by Crippen LogP contribution is 2.30. The summed E-state index contributed by atoms with van der Waals surface area (Å²) in [6.07, 6.45) is -4.55. The van der Waals surface area contributed by atoms with E-state index >= 15 is 0 Å². The number of ether oxygens (including phenoxy) is 1. The van der Waals surface area contributed by atoms with Gasteiger partial charge in [-0.15, -0.1) is 0 Å². The van der Waals surface area contributed by atoms with Gasteiger partial charge in [0.2, 0.25) is 0 Å². The number of rotatable bonds is 7. The largest absolute Gasteiger partial charge is 0.457 e. The molecule has 0 saturated heterocycles. The highest BCUT2D eigenvalue weighted by Gasteiger charge is 2.31. The Hall–Kier alpha value is -2.86. The van der Waals surface area contributed by atoms with E-state index in [4.69, 9.17) is 4.74 Å². The quantitative estimate of drug-likeness (QED) is 0.416. The van der Waals surface area contributed by atoms with Crippen molar-refractivity contribution in [3.8, 4) is 11.5 Å². The van der Waals surface area contributed by atoms with Crippen LogP contribution in [-0.2, 0) is 19.3 Å². The Bertz CT molecular complexity index is 998. The third-order valence-corrected chi connectivity index (χ3v) is 4.68. The predicted molar refractivity (Wildman–Crippen MR) is 109 cm³/mol. The van der Waals surface area contributed by atoms with Gasteiger partial charge in [0.1, 0.15) is 17.3 Å². The molecule has 3 rings (SSSR count). The molecule has 0 bridgehead atoms. The molecule has 30 heavy (non-hydrogen) atoms. The molecule has 2 nitrogen and oxygen atoms in total. The number of benzene rings is 3. The van der Waals surface area contributed by atoms with Crippen LogP contribution in [0.5, 0.6) is 11.5 Å². The van der Waals surface area contributed by atoms with Gasteiger partial charge in [0, 0.05) is 18.7 Å². The van der Waals surface area contributed by atoms with Crippen molar-refractivity contribution in [2.75, 3.05) is 0 Å². The fourth-order valence-corrected chi connectivity index (χ4v) is 3.00. The first-order valence-corrected chi connectivity index (χ1v) is 9.65. The van der Waals surface area contributed by atoms with Crippen molar-refractivity contribution in [3.63, 3.8) is 0 Å². The van der Waals surface area contributed by atoms with E-state index in [1.54, 1.807) is 0 Å². The molecule has 0 heterocycles. The van der Waals surface area contributed by atoms with Gasteiger partial charge in [-0.2, -0.15) is 13.2 Å². The van der Waals surface area contributed by atoms with Gasteiger partial charge in [0.25, 0.3) is 0 Å². The van der Waals surface area contributed by atoms with Crippen molar-refractivity contribution in [2.45, 2.75) is 39.0 Å². The average molecular weight is 417 g/mol. The van der Waals surface area contributed by atoms with Gasteiger partial charge in [-0.05, 0) is 53.4 Å². The smallest absolute Gasteiger partial charge is 0.416 e. The van der Waals surface area contributed by atoms with Crippen LogP contribution >= 0.6 is 0 Å². The summed E-state index contributed by atoms with van der Waals surface area (Å²) < 4.78 is 57.8. The second-order valence-corrected chi connectivity index (χ2v) is 7.38. The summed E-state index contributed by atoms with van der Waals surface area (Å²) in [6.45, 7) is 4.77. The lowest BCUT2D eigenvalue weighted by Gasteiger charge is -2.12.